The number of aromatic nitrogens is 4. The van der Waals surface area contributed by atoms with Crippen molar-refractivity contribution in [2.45, 2.75) is 32.5 Å². The maximum Gasteiger partial charge on any atom is 0.272 e. The van der Waals surface area contributed by atoms with Crippen molar-refractivity contribution in [2.24, 2.45) is 0 Å². The Morgan fingerprint density at radius 1 is 1.22 bits per heavy atom. The average Bonchev–Trinajstić information content (AvgIpc) is 3.33. The van der Waals surface area contributed by atoms with Gasteiger partial charge in [-0.1, -0.05) is 24.3 Å². The molecule has 9 nitrogen and oxygen atoms in total. The highest BCUT2D eigenvalue weighted by atomic mass is 19.1. The molecule has 0 fully saturated rings. The van der Waals surface area contributed by atoms with Crippen LogP contribution in [0.1, 0.15) is 39.8 Å². The minimum Gasteiger partial charge on any atom is -0.380 e. The molecule has 5 rings (SSSR count). The van der Waals surface area contributed by atoms with Crippen LogP contribution in [-0.2, 0) is 24.2 Å². The fourth-order valence-electron chi connectivity index (χ4n) is 4.22. The molecule has 0 radical (unpaired) electrons. The van der Waals surface area contributed by atoms with Crippen LogP contribution >= 0.6 is 0 Å². The number of ether oxygens (including phenoxy) is 1. The number of hydrogen-bond acceptors (Lipinski definition) is 7. The molecule has 0 unspecified atom stereocenters. The number of methoxy groups -OCH3 is 1. The van der Waals surface area contributed by atoms with Crippen LogP contribution in [0.15, 0.2) is 53.5 Å². The highest BCUT2D eigenvalue weighted by molar-refractivity contribution is 5.95. The maximum absolute atomic E-state index is 14.8. The van der Waals surface area contributed by atoms with Crippen LogP contribution in [0.25, 0.3) is 10.8 Å². The summed E-state index contributed by atoms with van der Waals surface area (Å²) in [6.07, 6.45) is 2.02. The van der Waals surface area contributed by atoms with Gasteiger partial charge in [-0.3, -0.25) is 9.59 Å². The zero-order chi connectivity index (χ0) is 25.2. The molecule has 0 aliphatic carbocycles. The van der Waals surface area contributed by atoms with Crippen LogP contribution in [0.2, 0.25) is 0 Å². The summed E-state index contributed by atoms with van der Waals surface area (Å²) in [5.41, 5.74) is 2.61. The first-order valence-electron chi connectivity index (χ1n) is 11.6. The van der Waals surface area contributed by atoms with Gasteiger partial charge in [0, 0.05) is 43.8 Å². The minimum absolute atomic E-state index is 0.000459. The number of benzene rings is 2. The number of fused-ring (bicyclic) bond motifs is 2. The predicted molar refractivity (Wildman–Crippen MR) is 132 cm³/mol. The van der Waals surface area contributed by atoms with Crippen LogP contribution in [0, 0.1) is 5.82 Å². The van der Waals surface area contributed by atoms with Gasteiger partial charge in [-0.15, -0.1) is 0 Å². The Labute approximate surface area is 206 Å². The number of aromatic amines is 1. The summed E-state index contributed by atoms with van der Waals surface area (Å²) in [6, 6.07) is 11.6. The molecule has 0 spiro atoms. The number of H-pyrrole nitrogens is 1. The second-order valence-corrected chi connectivity index (χ2v) is 8.79. The van der Waals surface area contributed by atoms with E-state index >= 15 is 0 Å². The zero-order valence-electron chi connectivity index (χ0n) is 19.9. The molecule has 1 aliphatic rings. The number of hydrogen-bond donors (Lipinski definition) is 2. The molecule has 184 valence electrons. The molecule has 36 heavy (non-hydrogen) atoms. The van der Waals surface area contributed by atoms with Gasteiger partial charge in [0.15, 0.2) is 0 Å². The van der Waals surface area contributed by atoms with Gasteiger partial charge >= 0.3 is 0 Å². The van der Waals surface area contributed by atoms with E-state index in [1.165, 1.54) is 6.07 Å². The second-order valence-electron chi connectivity index (χ2n) is 8.79. The second kappa shape index (κ2) is 9.82. The predicted octanol–water partition coefficient (Wildman–Crippen LogP) is 3.05. The molecule has 0 bridgehead atoms. The Morgan fingerprint density at radius 3 is 2.83 bits per heavy atom. The van der Waals surface area contributed by atoms with Crippen molar-refractivity contribution in [1.29, 1.82) is 0 Å². The highest BCUT2D eigenvalue weighted by Gasteiger charge is 2.28. The monoisotopic (exact) mass is 488 g/mol. The van der Waals surface area contributed by atoms with Gasteiger partial charge in [-0.05, 0) is 30.7 Å². The third-order valence-electron chi connectivity index (χ3n) is 6.30. The third-order valence-corrected chi connectivity index (χ3v) is 6.30. The largest absolute Gasteiger partial charge is 0.380 e. The molecular weight excluding hydrogens is 463 g/mol. The van der Waals surface area contributed by atoms with Crippen LogP contribution in [0.3, 0.4) is 0 Å². The van der Waals surface area contributed by atoms with E-state index in [-0.39, 0.29) is 23.8 Å². The average molecular weight is 489 g/mol. The first kappa shape index (κ1) is 23.6. The molecular formula is C26H25FN6O3. The molecule has 0 saturated heterocycles. The molecule has 2 aromatic heterocycles. The number of carbonyl (C=O) groups excluding carboxylic acids is 1. The van der Waals surface area contributed by atoms with Gasteiger partial charge in [-0.25, -0.2) is 19.5 Å². The van der Waals surface area contributed by atoms with Crippen molar-refractivity contribution >= 4 is 22.6 Å². The lowest BCUT2D eigenvalue weighted by atomic mass is 10.0. The lowest BCUT2D eigenvalue weighted by Gasteiger charge is -2.16. The summed E-state index contributed by atoms with van der Waals surface area (Å²) < 4.78 is 20.0. The first-order chi connectivity index (χ1) is 17.4. The fraction of sp³-hybridized carbons (Fsp3) is 0.269. The Kier molecular flexibility index (Phi) is 6.43. The van der Waals surface area contributed by atoms with E-state index in [0.29, 0.717) is 42.1 Å². The minimum atomic E-state index is -0.596. The Bertz CT molecular complexity index is 1510. The Balaban J connectivity index is 1.35. The van der Waals surface area contributed by atoms with E-state index in [9.17, 15) is 14.0 Å². The van der Waals surface area contributed by atoms with Crippen molar-refractivity contribution < 1.29 is 13.9 Å². The van der Waals surface area contributed by atoms with Crippen molar-refractivity contribution in [2.75, 3.05) is 19.0 Å². The number of nitrogens with zero attached hydrogens (tertiary/aromatic N) is 4. The van der Waals surface area contributed by atoms with Crippen molar-refractivity contribution in [3.8, 4) is 0 Å². The summed E-state index contributed by atoms with van der Waals surface area (Å²) in [4.78, 5) is 35.7. The smallest absolute Gasteiger partial charge is 0.272 e. The van der Waals surface area contributed by atoms with Crippen LogP contribution < -0.4 is 10.9 Å². The van der Waals surface area contributed by atoms with E-state index in [1.807, 2.05) is 19.1 Å². The van der Waals surface area contributed by atoms with Gasteiger partial charge in [0.25, 0.3) is 11.5 Å². The van der Waals surface area contributed by atoms with Crippen molar-refractivity contribution in [1.82, 2.24) is 25.1 Å². The lowest BCUT2D eigenvalue weighted by Crippen LogP contribution is -2.26. The highest BCUT2D eigenvalue weighted by Crippen LogP contribution is 2.25. The summed E-state index contributed by atoms with van der Waals surface area (Å²) in [6.45, 7) is 3.05. The fourth-order valence-corrected chi connectivity index (χ4v) is 4.22. The quantitative estimate of drug-likeness (QED) is 0.411. The van der Waals surface area contributed by atoms with E-state index in [0.717, 1.165) is 16.6 Å². The summed E-state index contributed by atoms with van der Waals surface area (Å²) in [5, 5.41) is 11.1. The number of amides is 1. The van der Waals surface area contributed by atoms with Gasteiger partial charge in [0.1, 0.15) is 5.82 Å². The maximum atomic E-state index is 14.8. The van der Waals surface area contributed by atoms with Crippen LogP contribution in [0.5, 0.6) is 0 Å². The molecule has 2 N–H and O–H groups in total. The summed E-state index contributed by atoms with van der Waals surface area (Å²) >= 11 is 0. The standard InChI is InChI=1S/C26H25FN6O3/c1-15(36-2)11-28-26-29-12-17-13-33(14-23(17)30-26)25(35)20-9-16(7-8-21(20)27)10-22-18-5-3-4-6-19(18)24(34)32-31-22/h3-9,12,15H,10-11,13-14H2,1-2H3,(H,32,34)(H,28,29,30)/t15-/m0/s1. The van der Waals surface area contributed by atoms with Crippen molar-refractivity contribution in [3.63, 3.8) is 0 Å². The molecule has 1 amide bonds. The summed E-state index contributed by atoms with van der Waals surface area (Å²) in [5.74, 6) is -0.559. The number of carbonyl (C=O) groups is 1. The van der Waals surface area contributed by atoms with Crippen LogP contribution in [0.4, 0.5) is 10.3 Å². The normalized spacial score (nSPS) is 13.6. The van der Waals surface area contributed by atoms with Gasteiger partial charge < -0.3 is 15.0 Å². The zero-order valence-corrected chi connectivity index (χ0v) is 19.9. The van der Waals surface area contributed by atoms with Gasteiger partial charge in [0.2, 0.25) is 5.95 Å². The third kappa shape index (κ3) is 4.67. The Morgan fingerprint density at radius 2 is 2.03 bits per heavy atom. The number of nitrogens with one attached hydrogen (secondary N) is 2. The topological polar surface area (TPSA) is 113 Å². The Hall–Kier alpha value is -4.18. The molecule has 3 heterocycles. The molecule has 0 saturated carbocycles. The molecule has 10 heteroatoms. The van der Waals surface area contributed by atoms with E-state index in [1.54, 1.807) is 42.5 Å². The first-order valence-corrected chi connectivity index (χ1v) is 11.6. The molecule has 4 aromatic rings. The van der Waals surface area contributed by atoms with E-state index in [4.69, 9.17) is 4.74 Å². The van der Waals surface area contributed by atoms with E-state index in [2.05, 4.69) is 25.5 Å². The number of halogens is 1. The SMILES string of the molecule is CO[C@@H](C)CNc1ncc2c(n1)CN(C(=O)c1cc(Cc3n[nH]c(=O)c4ccccc34)ccc1F)C2. The molecule has 1 atom stereocenters. The summed E-state index contributed by atoms with van der Waals surface area (Å²) in [7, 11) is 1.63. The molecule has 2 aromatic carbocycles. The van der Waals surface area contributed by atoms with E-state index < -0.39 is 11.7 Å². The number of rotatable bonds is 7. The van der Waals surface area contributed by atoms with Gasteiger partial charge in [0.05, 0.1) is 35.0 Å². The van der Waals surface area contributed by atoms with Crippen LogP contribution in [-0.4, -0.2) is 50.7 Å². The van der Waals surface area contributed by atoms with Gasteiger partial charge in [-0.2, -0.15) is 5.10 Å². The number of anilines is 1. The lowest BCUT2D eigenvalue weighted by molar-refractivity contribution is 0.0745. The molecule has 1 aliphatic heterocycles. The van der Waals surface area contributed by atoms with Crippen molar-refractivity contribution in [3.05, 3.63) is 92.9 Å².